The molecule has 0 spiro atoms. The number of ether oxygens (including phenoxy) is 6. The maximum absolute atomic E-state index is 5.72. The largest absolute Gasteiger partial charge is 0.498 e. The molecule has 0 N–H and O–H groups in total. The fourth-order valence-corrected chi connectivity index (χ4v) is 4.59. The highest BCUT2D eigenvalue weighted by Gasteiger charge is 2.32. The van der Waals surface area contributed by atoms with Crippen LogP contribution in [0, 0.1) is 0 Å². The van der Waals surface area contributed by atoms with Gasteiger partial charge in [0.2, 0.25) is 0 Å². The lowest BCUT2D eigenvalue weighted by Crippen LogP contribution is -2.27. The van der Waals surface area contributed by atoms with Gasteiger partial charge in [-0.25, -0.2) is 0 Å². The second kappa shape index (κ2) is 8.20. The smallest absolute Gasteiger partial charge is 0.161 e. The van der Waals surface area contributed by atoms with Crippen LogP contribution in [0.5, 0.6) is 11.5 Å². The zero-order chi connectivity index (χ0) is 21.4. The fourth-order valence-electron chi connectivity index (χ4n) is 4.59. The standard InChI is InChI=1S/C24H28O6/c1-25-19-7-13-14(8-20(19)26-2)16-10-22(28-4)24(30-6)12-18(16)17-11-23(29-5)21(27-3)9-15(13)17/h7-10,23-24H,11-12H2,1-6H3. The van der Waals surface area contributed by atoms with Crippen LogP contribution < -0.4 is 9.47 Å². The lowest BCUT2D eigenvalue weighted by Gasteiger charge is -2.32. The summed E-state index contributed by atoms with van der Waals surface area (Å²) in [6, 6.07) is 4.07. The normalized spacial score (nSPS) is 20.1. The van der Waals surface area contributed by atoms with Crippen molar-refractivity contribution in [2.45, 2.75) is 25.0 Å². The molecule has 6 heteroatoms. The molecule has 30 heavy (non-hydrogen) atoms. The molecule has 2 aromatic rings. The van der Waals surface area contributed by atoms with Gasteiger partial charge in [0, 0.05) is 27.1 Å². The van der Waals surface area contributed by atoms with Gasteiger partial charge in [-0.2, -0.15) is 0 Å². The lowest BCUT2D eigenvalue weighted by atomic mass is 9.79. The van der Waals surface area contributed by atoms with Crippen molar-refractivity contribution in [1.82, 2.24) is 0 Å². The van der Waals surface area contributed by atoms with Crippen LogP contribution in [0.15, 0.2) is 23.7 Å². The molecule has 0 fully saturated rings. The first-order valence-corrected chi connectivity index (χ1v) is 9.90. The summed E-state index contributed by atoms with van der Waals surface area (Å²) in [5, 5.41) is 2.15. The van der Waals surface area contributed by atoms with E-state index in [4.69, 9.17) is 28.4 Å². The van der Waals surface area contributed by atoms with Crippen molar-refractivity contribution < 1.29 is 28.4 Å². The van der Waals surface area contributed by atoms with Crippen molar-refractivity contribution in [2.75, 3.05) is 42.7 Å². The minimum atomic E-state index is -0.127. The Labute approximate surface area is 177 Å². The van der Waals surface area contributed by atoms with Gasteiger partial charge in [-0.3, -0.25) is 0 Å². The van der Waals surface area contributed by atoms with Gasteiger partial charge in [-0.05, 0) is 57.3 Å². The summed E-state index contributed by atoms with van der Waals surface area (Å²) in [6.45, 7) is 0. The van der Waals surface area contributed by atoms with Crippen LogP contribution >= 0.6 is 0 Å². The number of hydrogen-bond donors (Lipinski definition) is 0. The molecule has 160 valence electrons. The monoisotopic (exact) mass is 412 g/mol. The van der Waals surface area contributed by atoms with Crippen LogP contribution in [0.1, 0.15) is 22.3 Å². The zero-order valence-corrected chi connectivity index (χ0v) is 18.3. The number of benzene rings is 2. The highest BCUT2D eigenvalue weighted by Crippen LogP contribution is 2.44. The summed E-state index contributed by atoms with van der Waals surface area (Å²) in [4.78, 5) is 0. The molecular weight excluding hydrogens is 384 g/mol. The number of fused-ring (bicyclic) bond motifs is 6. The first kappa shape index (κ1) is 20.6. The van der Waals surface area contributed by atoms with Gasteiger partial charge in [0.1, 0.15) is 23.7 Å². The van der Waals surface area contributed by atoms with Crippen molar-refractivity contribution in [3.8, 4) is 11.5 Å². The third-order valence-electron chi connectivity index (χ3n) is 6.15. The van der Waals surface area contributed by atoms with Gasteiger partial charge in [-0.15, -0.1) is 0 Å². The van der Waals surface area contributed by atoms with E-state index in [1.165, 1.54) is 11.1 Å². The first-order valence-electron chi connectivity index (χ1n) is 9.90. The minimum absolute atomic E-state index is 0.127. The van der Waals surface area contributed by atoms with Gasteiger partial charge in [0.05, 0.1) is 28.4 Å². The first-order chi connectivity index (χ1) is 14.6. The maximum atomic E-state index is 5.72. The summed E-state index contributed by atoms with van der Waals surface area (Å²) < 4.78 is 33.9. The number of hydrogen-bond acceptors (Lipinski definition) is 6. The van der Waals surface area contributed by atoms with E-state index < -0.39 is 0 Å². The molecule has 4 rings (SSSR count). The molecule has 2 atom stereocenters. The Morgan fingerprint density at radius 3 is 1.30 bits per heavy atom. The second-order valence-electron chi connectivity index (χ2n) is 7.40. The average molecular weight is 412 g/mol. The number of methoxy groups -OCH3 is 6. The van der Waals surface area contributed by atoms with Crippen LogP contribution in [0.3, 0.4) is 0 Å². The Kier molecular flexibility index (Phi) is 5.62. The second-order valence-corrected chi connectivity index (χ2v) is 7.40. The average Bonchev–Trinajstić information content (AvgIpc) is 2.81. The van der Waals surface area contributed by atoms with Gasteiger partial charge < -0.3 is 28.4 Å². The molecule has 6 nitrogen and oxygen atoms in total. The molecule has 0 amide bonds. The van der Waals surface area contributed by atoms with E-state index in [-0.39, 0.29) is 12.2 Å². The van der Waals surface area contributed by atoms with Crippen molar-refractivity contribution in [3.05, 3.63) is 45.9 Å². The highest BCUT2D eigenvalue weighted by atomic mass is 16.5. The molecule has 2 aliphatic carbocycles. The Morgan fingerprint density at radius 1 is 0.600 bits per heavy atom. The maximum Gasteiger partial charge on any atom is 0.161 e. The Balaban J connectivity index is 2.10. The van der Waals surface area contributed by atoms with Crippen LogP contribution in [-0.4, -0.2) is 54.9 Å². The Morgan fingerprint density at radius 2 is 1.00 bits per heavy atom. The fraction of sp³-hybridized carbons (Fsp3) is 0.417. The van der Waals surface area contributed by atoms with E-state index >= 15 is 0 Å². The van der Waals surface area contributed by atoms with Gasteiger partial charge in [0.15, 0.2) is 11.5 Å². The number of rotatable bonds is 6. The molecule has 0 bridgehead atoms. The molecule has 0 saturated heterocycles. The van der Waals surface area contributed by atoms with E-state index in [9.17, 15) is 0 Å². The molecular formula is C24H28O6. The highest BCUT2D eigenvalue weighted by molar-refractivity contribution is 6.02. The summed E-state index contributed by atoms with van der Waals surface area (Å²) in [7, 11) is 10.1. The van der Waals surface area contributed by atoms with Crippen molar-refractivity contribution in [2.24, 2.45) is 0 Å². The van der Waals surface area contributed by atoms with Gasteiger partial charge in [-0.1, -0.05) is 0 Å². The van der Waals surface area contributed by atoms with E-state index in [1.54, 1.807) is 42.7 Å². The van der Waals surface area contributed by atoms with Crippen molar-refractivity contribution in [1.29, 1.82) is 0 Å². The van der Waals surface area contributed by atoms with Crippen molar-refractivity contribution >= 4 is 22.9 Å². The molecule has 0 aromatic heterocycles. The van der Waals surface area contributed by atoms with E-state index in [2.05, 4.69) is 12.2 Å². The molecule has 0 aliphatic heterocycles. The van der Waals surface area contributed by atoms with E-state index in [0.29, 0.717) is 11.5 Å². The Bertz CT molecular complexity index is 954. The van der Waals surface area contributed by atoms with Crippen molar-refractivity contribution in [3.63, 3.8) is 0 Å². The SMILES string of the molecule is COC1=Cc2c(c3c(c4cc(OC)c(OC)cc24)C=C(OC)C(OC)C3)CC1OC. The Hall–Kier alpha value is -2.70. The van der Waals surface area contributed by atoms with E-state index in [1.807, 2.05) is 12.1 Å². The molecule has 2 unspecified atom stereocenters. The lowest BCUT2D eigenvalue weighted by molar-refractivity contribution is 0.0753. The van der Waals surface area contributed by atoms with Crippen LogP contribution in [0.4, 0.5) is 0 Å². The molecule has 0 saturated carbocycles. The summed E-state index contributed by atoms with van der Waals surface area (Å²) in [5.74, 6) is 3.01. The van der Waals surface area contributed by atoms with Gasteiger partial charge >= 0.3 is 0 Å². The predicted octanol–water partition coefficient (Wildman–Crippen LogP) is 3.97. The zero-order valence-electron chi connectivity index (χ0n) is 18.3. The molecule has 0 heterocycles. The van der Waals surface area contributed by atoms with Crippen LogP contribution in [0.2, 0.25) is 0 Å². The summed E-state index contributed by atoms with van der Waals surface area (Å²) in [6.07, 6.45) is 5.36. The topological polar surface area (TPSA) is 55.4 Å². The van der Waals surface area contributed by atoms with Crippen LogP contribution in [0.25, 0.3) is 22.9 Å². The van der Waals surface area contributed by atoms with Gasteiger partial charge in [0.25, 0.3) is 0 Å². The summed E-state index contributed by atoms with van der Waals surface area (Å²) >= 11 is 0. The van der Waals surface area contributed by atoms with Crippen LogP contribution in [-0.2, 0) is 31.8 Å². The third-order valence-corrected chi connectivity index (χ3v) is 6.15. The molecule has 2 aliphatic rings. The molecule has 0 radical (unpaired) electrons. The molecule has 2 aromatic carbocycles. The van der Waals surface area contributed by atoms with E-state index in [0.717, 1.165) is 46.3 Å². The third kappa shape index (κ3) is 3.11. The predicted molar refractivity (Wildman–Crippen MR) is 116 cm³/mol. The minimum Gasteiger partial charge on any atom is -0.498 e. The summed E-state index contributed by atoms with van der Waals surface area (Å²) in [5.41, 5.74) is 4.73. The quantitative estimate of drug-likeness (QED) is 0.716.